The molecule has 5 nitrogen and oxygen atoms in total. The van der Waals surface area contributed by atoms with E-state index in [4.69, 9.17) is 4.74 Å². The molecule has 5 heteroatoms. The summed E-state index contributed by atoms with van der Waals surface area (Å²) in [6, 6.07) is 4.59. The number of hydrogen-bond acceptors (Lipinski definition) is 3. The molecular weight excluding hydrogens is 270 g/mol. The van der Waals surface area contributed by atoms with Crippen LogP contribution in [0.4, 0.5) is 0 Å². The number of hydrogen-bond donors (Lipinski definition) is 2. The largest absolute Gasteiger partial charge is 0.480 e. The molecule has 0 aromatic heterocycles. The standard InChI is InChI=1S/C16H21NO4/c1-10-5-6-13(11(2)8-10)15(18)17-14(16(19)20)12-4-3-7-21-9-12/h5-6,8,12,14H,3-4,7,9H2,1-2H3,(H,17,18)(H,19,20). The third-order valence-electron chi connectivity index (χ3n) is 3.85. The second kappa shape index (κ2) is 6.72. The SMILES string of the molecule is Cc1ccc(C(=O)NC(C(=O)O)C2CCCOC2)c(C)c1. The number of aliphatic carboxylic acids is 1. The minimum absolute atomic E-state index is 0.175. The average molecular weight is 291 g/mol. The lowest BCUT2D eigenvalue weighted by Crippen LogP contribution is -2.48. The Labute approximate surface area is 124 Å². The summed E-state index contributed by atoms with van der Waals surface area (Å²) in [6.07, 6.45) is 1.58. The van der Waals surface area contributed by atoms with Crippen molar-refractivity contribution >= 4 is 11.9 Å². The number of amides is 1. The van der Waals surface area contributed by atoms with Crippen molar-refractivity contribution in [2.24, 2.45) is 5.92 Å². The Morgan fingerprint density at radius 1 is 1.38 bits per heavy atom. The fourth-order valence-corrected chi connectivity index (χ4v) is 2.70. The maximum Gasteiger partial charge on any atom is 0.326 e. The molecule has 1 saturated heterocycles. The van der Waals surface area contributed by atoms with Gasteiger partial charge in [0.15, 0.2) is 0 Å². The van der Waals surface area contributed by atoms with Gasteiger partial charge in [-0.05, 0) is 38.3 Å². The van der Waals surface area contributed by atoms with E-state index in [0.717, 1.165) is 24.0 Å². The van der Waals surface area contributed by atoms with Gasteiger partial charge in [0, 0.05) is 18.1 Å². The van der Waals surface area contributed by atoms with Gasteiger partial charge in [0.1, 0.15) is 6.04 Å². The number of carbonyl (C=O) groups is 2. The fourth-order valence-electron chi connectivity index (χ4n) is 2.70. The lowest BCUT2D eigenvalue weighted by atomic mass is 9.93. The Balaban J connectivity index is 2.12. The van der Waals surface area contributed by atoms with Crippen LogP contribution in [0.15, 0.2) is 18.2 Å². The molecule has 0 spiro atoms. The van der Waals surface area contributed by atoms with Crippen LogP contribution in [-0.2, 0) is 9.53 Å². The minimum atomic E-state index is -1.01. The van der Waals surface area contributed by atoms with E-state index in [0.29, 0.717) is 18.8 Å². The number of ether oxygens (including phenoxy) is 1. The smallest absolute Gasteiger partial charge is 0.326 e. The Bertz CT molecular complexity index is 535. The van der Waals surface area contributed by atoms with Gasteiger partial charge in [-0.25, -0.2) is 4.79 Å². The summed E-state index contributed by atoms with van der Waals surface area (Å²) in [6.45, 7) is 4.84. The van der Waals surface area contributed by atoms with E-state index in [2.05, 4.69) is 5.32 Å². The third-order valence-corrected chi connectivity index (χ3v) is 3.85. The fraction of sp³-hybridized carbons (Fsp3) is 0.500. The van der Waals surface area contributed by atoms with Crippen LogP contribution in [0.5, 0.6) is 0 Å². The molecule has 0 saturated carbocycles. The van der Waals surface area contributed by atoms with E-state index >= 15 is 0 Å². The van der Waals surface area contributed by atoms with Gasteiger partial charge in [-0.3, -0.25) is 4.79 Å². The van der Waals surface area contributed by atoms with Crippen molar-refractivity contribution in [2.45, 2.75) is 32.7 Å². The maximum atomic E-state index is 12.3. The molecule has 1 amide bonds. The van der Waals surface area contributed by atoms with E-state index in [1.165, 1.54) is 0 Å². The molecule has 114 valence electrons. The van der Waals surface area contributed by atoms with Crippen LogP contribution in [0.2, 0.25) is 0 Å². The van der Waals surface area contributed by atoms with E-state index in [1.54, 1.807) is 6.07 Å². The maximum absolute atomic E-state index is 12.3. The average Bonchev–Trinajstić information content (AvgIpc) is 2.45. The van der Waals surface area contributed by atoms with Gasteiger partial charge in [0.2, 0.25) is 0 Å². The van der Waals surface area contributed by atoms with Crippen molar-refractivity contribution < 1.29 is 19.4 Å². The van der Waals surface area contributed by atoms with Crippen LogP contribution in [0.3, 0.4) is 0 Å². The molecule has 1 aromatic carbocycles. The summed E-state index contributed by atoms with van der Waals surface area (Å²) in [4.78, 5) is 23.8. The van der Waals surface area contributed by atoms with Gasteiger partial charge in [-0.2, -0.15) is 0 Å². The number of carboxylic acids is 1. The van der Waals surface area contributed by atoms with E-state index in [9.17, 15) is 14.7 Å². The quantitative estimate of drug-likeness (QED) is 0.888. The molecule has 1 fully saturated rings. The molecule has 2 N–H and O–H groups in total. The zero-order valence-corrected chi connectivity index (χ0v) is 12.4. The van der Waals surface area contributed by atoms with Crippen molar-refractivity contribution in [3.63, 3.8) is 0 Å². The van der Waals surface area contributed by atoms with Gasteiger partial charge in [-0.15, -0.1) is 0 Å². The highest BCUT2D eigenvalue weighted by molar-refractivity contribution is 5.97. The van der Waals surface area contributed by atoms with Gasteiger partial charge < -0.3 is 15.2 Å². The predicted molar refractivity (Wildman–Crippen MR) is 78.3 cm³/mol. The molecule has 21 heavy (non-hydrogen) atoms. The molecule has 0 aliphatic carbocycles. The lowest BCUT2D eigenvalue weighted by Gasteiger charge is -2.28. The normalized spacial score (nSPS) is 19.8. The molecule has 2 atom stereocenters. The third kappa shape index (κ3) is 3.82. The van der Waals surface area contributed by atoms with E-state index in [1.807, 2.05) is 26.0 Å². The highest BCUT2D eigenvalue weighted by Gasteiger charge is 2.31. The zero-order valence-electron chi connectivity index (χ0n) is 12.4. The van der Waals surface area contributed by atoms with Crippen molar-refractivity contribution in [1.29, 1.82) is 0 Å². The highest BCUT2D eigenvalue weighted by atomic mass is 16.5. The van der Waals surface area contributed by atoms with Crippen LogP contribution < -0.4 is 5.32 Å². The summed E-state index contributed by atoms with van der Waals surface area (Å²) < 4.78 is 5.33. The second-order valence-electron chi connectivity index (χ2n) is 5.58. The van der Waals surface area contributed by atoms with Crippen molar-refractivity contribution in [1.82, 2.24) is 5.32 Å². The first kappa shape index (κ1) is 15.5. The first-order chi connectivity index (χ1) is 9.99. The van der Waals surface area contributed by atoms with Gasteiger partial charge >= 0.3 is 5.97 Å². The second-order valence-corrected chi connectivity index (χ2v) is 5.58. The molecule has 0 bridgehead atoms. The summed E-state index contributed by atoms with van der Waals surface area (Å²) in [5, 5.41) is 12.0. The molecule has 1 aromatic rings. The van der Waals surface area contributed by atoms with E-state index < -0.39 is 12.0 Å². The van der Waals surface area contributed by atoms with Crippen molar-refractivity contribution in [3.05, 3.63) is 34.9 Å². The van der Waals surface area contributed by atoms with Gasteiger partial charge in [0.05, 0.1) is 6.61 Å². The van der Waals surface area contributed by atoms with Gasteiger partial charge in [0.25, 0.3) is 5.91 Å². The minimum Gasteiger partial charge on any atom is -0.480 e. The first-order valence-corrected chi connectivity index (χ1v) is 7.17. The number of aryl methyl sites for hydroxylation is 2. The molecule has 0 radical (unpaired) electrons. The van der Waals surface area contributed by atoms with Crippen molar-refractivity contribution in [3.8, 4) is 0 Å². The molecule has 2 rings (SSSR count). The summed E-state index contributed by atoms with van der Waals surface area (Å²) >= 11 is 0. The number of carboxylic acid groups (broad SMARTS) is 1. The number of rotatable bonds is 4. The monoisotopic (exact) mass is 291 g/mol. The number of carbonyl (C=O) groups excluding carboxylic acids is 1. The Morgan fingerprint density at radius 3 is 2.71 bits per heavy atom. The van der Waals surface area contributed by atoms with Crippen LogP contribution in [0, 0.1) is 19.8 Å². The molecule has 1 heterocycles. The summed E-state index contributed by atoms with van der Waals surface area (Å²) in [7, 11) is 0. The van der Waals surface area contributed by atoms with Crippen LogP contribution in [0.1, 0.15) is 34.3 Å². The Hall–Kier alpha value is -1.88. The molecular formula is C16H21NO4. The highest BCUT2D eigenvalue weighted by Crippen LogP contribution is 2.19. The van der Waals surface area contributed by atoms with E-state index in [-0.39, 0.29) is 11.8 Å². The first-order valence-electron chi connectivity index (χ1n) is 7.17. The summed E-state index contributed by atoms with van der Waals surface area (Å²) in [5.74, 6) is -1.53. The van der Waals surface area contributed by atoms with Crippen molar-refractivity contribution in [2.75, 3.05) is 13.2 Å². The molecule has 1 aliphatic rings. The number of benzene rings is 1. The van der Waals surface area contributed by atoms with Crippen LogP contribution in [0.25, 0.3) is 0 Å². The number of nitrogens with one attached hydrogen (secondary N) is 1. The Morgan fingerprint density at radius 2 is 2.14 bits per heavy atom. The zero-order chi connectivity index (χ0) is 15.4. The topological polar surface area (TPSA) is 75.6 Å². The predicted octanol–water partition coefficient (Wildman–Crippen LogP) is 1.91. The molecule has 2 unspecified atom stereocenters. The van der Waals surface area contributed by atoms with Crippen LogP contribution >= 0.6 is 0 Å². The van der Waals surface area contributed by atoms with Gasteiger partial charge in [-0.1, -0.05) is 17.7 Å². The summed E-state index contributed by atoms with van der Waals surface area (Å²) in [5.41, 5.74) is 2.43. The molecule has 1 aliphatic heterocycles. The lowest BCUT2D eigenvalue weighted by molar-refractivity contribution is -0.142. The van der Waals surface area contributed by atoms with Crippen LogP contribution in [-0.4, -0.2) is 36.2 Å². The Kier molecular flexibility index (Phi) is 4.96.